The van der Waals surface area contributed by atoms with Crippen molar-refractivity contribution in [3.05, 3.63) is 17.2 Å². The fraction of sp³-hybridized carbons (Fsp3) is 0.533. The van der Waals surface area contributed by atoms with Crippen molar-refractivity contribution in [2.24, 2.45) is 0 Å². The Hall–Kier alpha value is -1.57. The number of alkyl halides is 3. The smallest absolute Gasteiger partial charge is 0.373 e. The Labute approximate surface area is 170 Å². The van der Waals surface area contributed by atoms with Crippen molar-refractivity contribution in [2.75, 3.05) is 41.1 Å². The van der Waals surface area contributed by atoms with Crippen molar-refractivity contribution in [1.29, 1.82) is 0 Å². The highest BCUT2D eigenvalue weighted by Gasteiger charge is 2.55. The average molecular weight is 479 g/mol. The fourth-order valence-corrected chi connectivity index (χ4v) is 5.03. The van der Waals surface area contributed by atoms with Crippen LogP contribution in [-0.2, 0) is 24.5 Å². The van der Waals surface area contributed by atoms with Crippen LogP contribution in [-0.4, -0.2) is 70.5 Å². The van der Waals surface area contributed by atoms with Gasteiger partial charge in [0, 0.05) is 19.3 Å². The van der Waals surface area contributed by atoms with Crippen LogP contribution in [0.3, 0.4) is 0 Å². The van der Waals surface area contributed by atoms with E-state index in [-0.39, 0.29) is 47.8 Å². The van der Waals surface area contributed by atoms with Crippen LogP contribution in [0.25, 0.3) is 0 Å². The third-order valence-electron chi connectivity index (χ3n) is 4.38. The number of benzene rings is 1. The normalized spacial score (nSPS) is 19.5. The van der Waals surface area contributed by atoms with Crippen molar-refractivity contribution < 1.29 is 39.9 Å². The minimum atomic E-state index is -5.26. The quantitative estimate of drug-likeness (QED) is 0.667. The Balaban J connectivity index is 2.51. The number of anilines is 2. The van der Waals surface area contributed by atoms with Crippen LogP contribution in [0.15, 0.2) is 17.0 Å². The Morgan fingerprint density at radius 3 is 2.21 bits per heavy atom. The second-order valence-electron chi connectivity index (χ2n) is 6.71. The predicted molar refractivity (Wildman–Crippen MR) is 101 cm³/mol. The van der Waals surface area contributed by atoms with E-state index in [9.17, 15) is 39.9 Å². The minimum Gasteiger partial charge on any atom is -0.373 e. The van der Waals surface area contributed by atoms with Crippen LogP contribution < -0.4 is 10.2 Å². The van der Waals surface area contributed by atoms with E-state index in [4.69, 9.17) is 11.6 Å². The van der Waals surface area contributed by atoms with E-state index < -0.39 is 42.4 Å². The molecule has 0 spiro atoms. The number of carbonyl (C=O) groups excluding carboxylic acids is 1. The lowest BCUT2D eigenvalue weighted by Crippen LogP contribution is -2.52. The molecule has 1 amide bonds. The zero-order valence-electron chi connectivity index (χ0n) is 15.2. The highest BCUT2D eigenvalue weighted by Crippen LogP contribution is 2.40. The van der Waals surface area contributed by atoms with Crippen molar-refractivity contribution in [2.45, 2.75) is 23.6 Å². The fourth-order valence-electron chi connectivity index (χ4n) is 2.55. The van der Waals surface area contributed by atoms with Gasteiger partial charge in [-0.05, 0) is 19.1 Å². The lowest BCUT2D eigenvalue weighted by atomic mass is 10.1. The topological polar surface area (TPSA) is 121 Å². The van der Waals surface area contributed by atoms with Gasteiger partial charge in [-0.15, -0.1) is 0 Å². The van der Waals surface area contributed by atoms with Crippen molar-refractivity contribution in [3.63, 3.8) is 0 Å². The van der Waals surface area contributed by atoms with Gasteiger partial charge in [0.25, 0.3) is 5.91 Å². The molecule has 1 atom stereocenters. The molecule has 2 rings (SSSR count). The minimum absolute atomic E-state index is 0.0950. The van der Waals surface area contributed by atoms with Gasteiger partial charge >= 0.3 is 6.18 Å². The van der Waals surface area contributed by atoms with Crippen LogP contribution >= 0.6 is 11.6 Å². The number of halogens is 4. The summed E-state index contributed by atoms with van der Waals surface area (Å²) in [4.78, 5) is 13.0. The summed E-state index contributed by atoms with van der Waals surface area (Å²) < 4.78 is 86.1. The number of aliphatic hydroxyl groups is 1. The first-order valence-corrected chi connectivity index (χ1v) is 12.1. The zero-order chi connectivity index (χ0) is 22.4. The number of nitrogens with zero attached hydrogens (tertiary/aromatic N) is 1. The largest absolute Gasteiger partial charge is 0.426 e. The molecule has 2 N–H and O–H groups in total. The van der Waals surface area contributed by atoms with Gasteiger partial charge in [0.1, 0.15) is 0 Å². The number of carbonyl (C=O) groups is 1. The third kappa shape index (κ3) is 4.95. The molecule has 1 aromatic carbocycles. The van der Waals surface area contributed by atoms with E-state index in [1.54, 1.807) is 0 Å². The van der Waals surface area contributed by atoms with Crippen molar-refractivity contribution in [1.82, 2.24) is 0 Å². The van der Waals surface area contributed by atoms with Gasteiger partial charge in [-0.1, -0.05) is 11.6 Å². The number of nitrogens with one attached hydrogen (secondary N) is 1. The Morgan fingerprint density at radius 1 is 1.24 bits per heavy atom. The van der Waals surface area contributed by atoms with E-state index in [0.717, 1.165) is 18.4 Å². The maximum Gasteiger partial charge on any atom is 0.426 e. The summed E-state index contributed by atoms with van der Waals surface area (Å²) >= 11 is 6.20. The molecule has 1 unspecified atom stereocenters. The first-order chi connectivity index (χ1) is 13.0. The average Bonchev–Trinajstić information content (AvgIpc) is 2.54. The molecule has 1 heterocycles. The SMILES string of the molecule is CC(O)(C(=O)Nc1ccc(S(C)(=O)=O)c(N2CCS(=O)(=O)CC2)c1Cl)C(F)(F)F. The molecule has 0 bridgehead atoms. The molecule has 1 fully saturated rings. The summed E-state index contributed by atoms with van der Waals surface area (Å²) in [5.41, 5.74) is -4.21. The predicted octanol–water partition coefficient (Wildman–Crippen LogP) is 1.23. The Bertz CT molecular complexity index is 1020. The van der Waals surface area contributed by atoms with Gasteiger partial charge < -0.3 is 15.3 Å². The first-order valence-electron chi connectivity index (χ1n) is 8.06. The number of hydrogen-bond acceptors (Lipinski definition) is 7. The second-order valence-corrected chi connectivity index (χ2v) is 11.4. The van der Waals surface area contributed by atoms with E-state index >= 15 is 0 Å². The Morgan fingerprint density at radius 2 is 1.76 bits per heavy atom. The summed E-state index contributed by atoms with van der Waals surface area (Å²) in [6.45, 7) is 0.0714. The molecule has 1 aromatic rings. The molecule has 0 saturated carbocycles. The van der Waals surface area contributed by atoms with E-state index in [2.05, 4.69) is 0 Å². The molecule has 1 saturated heterocycles. The highest BCUT2D eigenvalue weighted by atomic mass is 35.5. The summed E-state index contributed by atoms with van der Waals surface area (Å²) in [6, 6.07) is 2.03. The van der Waals surface area contributed by atoms with E-state index in [1.807, 2.05) is 5.32 Å². The first kappa shape index (κ1) is 23.7. The number of amides is 1. The molecular formula is C15H18ClF3N2O6S2. The molecule has 14 heteroatoms. The summed E-state index contributed by atoms with van der Waals surface area (Å²) in [6.07, 6.45) is -4.38. The molecule has 8 nitrogen and oxygen atoms in total. The van der Waals surface area contributed by atoms with Crippen molar-refractivity contribution >= 4 is 48.6 Å². The monoisotopic (exact) mass is 478 g/mol. The van der Waals surface area contributed by atoms with Gasteiger partial charge in [0.15, 0.2) is 19.7 Å². The van der Waals surface area contributed by atoms with Gasteiger partial charge in [-0.2, -0.15) is 13.2 Å². The molecule has 0 aliphatic carbocycles. The molecule has 164 valence electrons. The molecule has 29 heavy (non-hydrogen) atoms. The van der Waals surface area contributed by atoms with E-state index in [1.165, 1.54) is 4.90 Å². The number of hydrogen-bond donors (Lipinski definition) is 2. The van der Waals surface area contributed by atoms with Gasteiger partial charge in [0.2, 0.25) is 5.60 Å². The molecule has 1 aliphatic rings. The third-order valence-corrected chi connectivity index (χ3v) is 7.50. The van der Waals surface area contributed by atoms with Crippen molar-refractivity contribution in [3.8, 4) is 0 Å². The van der Waals surface area contributed by atoms with Crippen LogP contribution in [0.1, 0.15) is 6.92 Å². The standard InChI is InChI=1S/C15H18ClF3N2O6S2/c1-14(23,15(17,18)19)13(22)20-9-3-4-10(28(2,24)25)12(11(9)16)21-5-7-29(26,27)8-6-21/h3-4,23H,5-8H2,1-2H3,(H,20,22). The second kappa shape index (κ2) is 7.60. The van der Waals surface area contributed by atoms with Crippen LogP contribution in [0, 0.1) is 0 Å². The lowest BCUT2D eigenvalue weighted by molar-refractivity contribution is -0.242. The van der Waals surface area contributed by atoms with Crippen LogP contribution in [0.5, 0.6) is 0 Å². The summed E-state index contributed by atoms with van der Waals surface area (Å²) in [5, 5.41) is 10.9. The van der Waals surface area contributed by atoms with Gasteiger partial charge in [-0.3, -0.25) is 4.79 Å². The zero-order valence-corrected chi connectivity index (χ0v) is 17.6. The highest BCUT2D eigenvalue weighted by molar-refractivity contribution is 7.91. The number of sulfone groups is 2. The van der Waals surface area contributed by atoms with Crippen LogP contribution in [0.4, 0.5) is 24.5 Å². The van der Waals surface area contributed by atoms with E-state index in [0.29, 0.717) is 0 Å². The van der Waals surface area contributed by atoms with Gasteiger partial charge in [0.05, 0.1) is 32.8 Å². The number of rotatable bonds is 4. The maximum absolute atomic E-state index is 12.9. The molecular weight excluding hydrogens is 461 g/mol. The lowest BCUT2D eigenvalue weighted by Gasteiger charge is -2.32. The van der Waals surface area contributed by atoms with Gasteiger partial charge in [-0.25, -0.2) is 16.8 Å². The molecule has 0 radical (unpaired) electrons. The van der Waals surface area contributed by atoms with Crippen LogP contribution in [0.2, 0.25) is 5.02 Å². The summed E-state index contributed by atoms with van der Waals surface area (Å²) in [5.74, 6) is -2.36. The summed E-state index contributed by atoms with van der Waals surface area (Å²) in [7, 11) is -7.16. The molecule has 0 aromatic heterocycles. The Kier molecular flexibility index (Phi) is 6.21. The maximum atomic E-state index is 12.9. The molecule has 1 aliphatic heterocycles.